The van der Waals surface area contributed by atoms with E-state index < -0.39 is 11.9 Å². The molecule has 0 bridgehead atoms. The molecule has 2 amide bonds. The van der Waals surface area contributed by atoms with Crippen LogP contribution in [-0.4, -0.2) is 24.4 Å². The normalized spacial score (nSPS) is 10.5. The molecule has 0 aliphatic carbocycles. The van der Waals surface area contributed by atoms with E-state index in [-0.39, 0.29) is 25.4 Å². The molecule has 4 rings (SSSR count). The van der Waals surface area contributed by atoms with E-state index in [0.29, 0.717) is 23.5 Å². The van der Waals surface area contributed by atoms with Crippen LogP contribution in [0.2, 0.25) is 0 Å². The van der Waals surface area contributed by atoms with Crippen LogP contribution in [0.5, 0.6) is 11.5 Å². The third kappa shape index (κ3) is 7.93. The largest absolute Gasteiger partial charge is 0.457 e. The highest BCUT2D eigenvalue weighted by atomic mass is 16.5. The number of hydrogen-bond acceptors (Lipinski definition) is 5. The van der Waals surface area contributed by atoms with Crippen molar-refractivity contribution in [2.75, 3.05) is 17.2 Å². The molecule has 37 heavy (non-hydrogen) atoms. The van der Waals surface area contributed by atoms with Crippen LogP contribution in [0.15, 0.2) is 91.0 Å². The highest BCUT2D eigenvalue weighted by Crippen LogP contribution is 2.26. The summed E-state index contributed by atoms with van der Waals surface area (Å²) in [5.74, 6) is 0.234. The van der Waals surface area contributed by atoms with Crippen LogP contribution < -0.4 is 15.4 Å². The first kappa shape index (κ1) is 25.4. The Bertz CT molecular complexity index is 1400. The molecular weight excluding hydrogens is 468 g/mol. The number of nitrogens with one attached hydrogen (secondary N) is 2. The van der Waals surface area contributed by atoms with Crippen molar-refractivity contribution in [1.82, 2.24) is 0 Å². The van der Waals surface area contributed by atoms with Gasteiger partial charge in [0.15, 0.2) is 6.61 Å². The molecule has 0 aliphatic heterocycles. The summed E-state index contributed by atoms with van der Waals surface area (Å²) in [7, 11) is 0. The van der Waals surface area contributed by atoms with Crippen molar-refractivity contribution in [3.05, 3.63) is 96.6 Å². The summed E-state index contributed by atoms with van der Waals surface area (Å²) in [5, 5.41) is 7.72. The third-order valence-electron chi connectivity index (χ3n) is 5.55. The van der Waals surface area contributed by atoms with Gasteiger partial charge in [0.25, 0.3) is 5.91 Å². The van der Waals surface area contributed by atoms with Crippen LogP contribution in [0.1, 0.15) is 24.8 Å². The van der Waals surface area contributed by atoms with Gasteiger partial charge in [-0.25, -0.2) is 0 Å². The SMILES string of the molecule is Cc1cccc(NC(=O)COC(=O)CCCC(=O)Nc2ccc(Oc3ccc4ccccc4c3)cc2)c1. The average molecular weight is 497 g/mol. The molecule has 2 N–H and O–H groups in total. The van der Waals surface area contributed by atoms with Gasteiger partial charge in [0.2, 0.25) is 5.91 Å². The Labute approximate surface area is 215 Å². The molecule has 0 aromatic heterocycles. The molecule has 188 valence electrons. The molecule has 4 aromatic rings. The minimum atomic E-state index is -0.526. The van der Waals surface area contributed by atoms with Gasteiger partial charge in [-0.15, -0.1) is 0 Å². The monoisotopic (exact) mass is 496 g/mol. The van der Waals surface area contributed by atoms with Gasteiger partial charge in [0.1, 0.15) is 11.5 Å². The van der Waals surface area contributed by atoms with Crippen LogP contribution in [0, 0.1) is 6.92 Å². The van der Waals surface area contributed by atoms with Crippen molar-refractivity contribution in [2.24, 2.45) is 0 Å². The van der Waals surface area contributed by atoms with Gasteiger partial charge in [-0.1, -0.05) is 42.5 Å². The number of anilines is 2. The number of aryl methyl sites for hydroxylation is 1. The fourth-order valence-corrected chi connectivity index (χ4v) is 3.73. The van der Waals surface area contributed by atoms with Gasteiger partial charge in [0.05, 0.1) is 0 Å². The number of carbonyl (C=O) groups excluding carboxylic acids is 3. The average Bonchev–Trinajstić information content (AvgIpc) is 2.88. The lowest BCUT2D eigenvalue weighted by atomic mass is 10.1. The first-order valence-corrected chi connectivity index (χ1v) is 12.0. The number of hydrogen-bond donors (Lipinski definition) is 2. The van der Waals surface area contributed by atoms with Crippen LogP contribution in [0.3, 0.4) is 0 Å². The zero-order valence-electron chi connectivity index (χ0n) is 20.5. The molecule has 0 aliphatic rings. The quantitative estimate of drug-likeness (QED) is 0.254. The minimum absolute atomic E-state index is 0.0453. The molecule has 0 spiro atoms. The van der Waals surface area contributed by atoms with E-state index in [1.165, 1.54) is 0 Å². The summed E-state index contributed by atoms with van der Waals surface area (Å²) in [4.78, 5) is 36.1. The second-order valence-corrected chi connectivity index (χ2v) is 8.62. The Morgan fingerprint density at radius 3 is 2.19 bits per heavy atom. The van der Waals surface area contributed by atoms with Crippen LogP contribution in [0.25, 0.3) is 10.8 Å². The summed E-state index contributed by atoms with van der Waals surface area (Å²) in [6.07, 6.45) is 0.511. The molecule has 0 saturated carbocycles. The lowest BCUT2D eigenvalue weighted by molar-refractivity contribution is -0.147. The van der Waals surface area contributed by atoms with Crippen LogP contribution in [-0.2, 0) is 19.1 Å². The van der Waals surface area contributed by atoms with E-state index in [9.17, 15) is 14.4 Å². The highest BCUT2D eigenvalue weighted by molar-refractivity contribution is 5.93. The molecule has 0 atom stereocenters. The predicted molar refractivity (Wildman–Crippen MR) is 144 cm³/mol. The van der Waals surface area contributed by atoms with Gasteiger partial charge in [-0.3, -0.25) is 14.4 Å². The number of benzene rings is 4. The van der Waals surface area contributed by atoms with Crippen molar-refractivity contribution in [1.29, 1.82) is 0 Å². The highest BCUT2D eigenvalue weighted by Gasteiger charge is 2.10. The van der Waals surface area contributed by atoms with E-state index in [4.69, 9.17) is 9.47 Å². The molecule has 0 unspecified atom stereocenters. The van der Waals surface area contributed by atoms with Crippen LogP contribution in [0.4, 0.5) is 11.4 Å². The molecular formula is C30H28N2O5. The van der Waals surface area contributed by atoms with Gasteiger partial charge < -0.3 is 20.1 Å². The standard InChI is InChI=1S/C30H28N2O5/c1-21-6-4-9-25(18-21)32-29(34)20-36-30(35)11-5-10-28(33)31-24-13-16-26(17-14-24)37-27-15-12-22-7-2-3-8-23(22)19-27/h2-4,6-9,12-19H,5,10-11,20H2,1H3,(H,31,33)(H,32,34). The summed E-state index contributed by atoms with van der Waals surface area (Å²) in [6.45, 7) is 1.55. The number of ether oxygens (including phenoxy) is 2. The number of amides is 2. The van der Waals surface area contributed by atoms with Crippen molar-refractivity contribution in [3.63, 3.8) is 0 Å². The van der Waals surface area contributed by atoms with E-state index in [2.05, 4.69) is 10.6 Å². The maximum absolute atomic E-state index is 12.2. The zero-order chi connectivity index (χ0) is 26.0. The molecule has 4 aromatic carbocycles. The summed E-state index contributed by atoms with van der Waals surface area (Å²) in [6, 6.07) is 28.4. The van der Waals surface area contributed by atoms with Crippen molar-refractivity contribution >= 4 is 39.9 Å². The predicted octanol–water partition coefficient (Wildman–Crippen LogP) is 6.23. The molecule has 7 heteroatoms. The number of esters is 1. The Kier molecular flexibility index (Phi) is 8.49. The molecule has 0 fully saturated rings. The van der Waals surface area contributed by atoms with E-state index in [0.717, 1.165) is 22.1 Å². The smallest absolute Gasteiger partial charge is 0.306 e. The second kappa shape index (κ2) is 12.4. The van der Waals surface area contributed by atoms with Gasteiger partial charge in [-0.2, -0.15) is 0 Å². The van der Waals surface area contributed by atoms with Crippen molar-refractivity contribution in [2.45, 2.75) is 26.2 Å². The first-order valence-electron chi connectivity index (χ1n) is 12.0. The fourth-order valence-electron chi connectivity index (χ4n) is 3.73. The summed E-state index contributed by atoms with van der Waals surface area (Å²) >= 11 is 0. The lowest BCUT2D eigenvalue weighted by Crippen LogP contribution is -2.21. The van der Waals surface area contributed by atoms with Gasteiger partial charge in [-0.05, 0) is 78.2 Å². The molecule has 0 radical (unpaired) electrons. The topological polar surface area (TPSA) is 93.7 Å². The maximum atomic E-state index is 12.2. The van der Waals surface area contributed by atoms with E-state index >= 15 is 0 Å². The lowest BCUT2D eigenvalue weighted by Gasteiger charge is -2.09. The van der Waals surface area contributed by atoms with Gasteiger partial charge in [0, 0.05) is 24.2 Å². The second-order valence-electron chi connectivity index (χ2n) is 8.62. The summed E-state index contributed by atoms with van der Waals surface area (Å²) in [5.41, 5.74) is 2.29. The van der Waals surface area contributed by atoms with Gasteiger partial charge >= 0.3 is 5.97 Å². The Morgan fingerprint density at radius 2 is 1.41 bits per heavy atom. The third-order valence-corrected chi connectivity index (χ3v) is 5.55. The Balaban J connectivity index is 1.15. The van der Waals surface area contributed by atoms with Crippen molar-refractivity contribution < 1.29 is 23.9 Å². The molecule has 0 saturated heterocycles. The Hall–Kier alpha value is -4.65. The Morgan fingerprint density at radius 1 is 0.676 bits per heavy atom. The van der Waals surface area contributed by atoms with E-state index in [1.807, 2.05) is 67.6 Å². The minimum Gasteiger partial charge on any atom is -0.457 e. The zero-order valence-corrected chi connectivity index (χ0v) is 20.5. The number of rotatable bonds is 10. The molecule has 7 nitrogen and oxygen atoms in total. The van der Waals surface area contributed by atoms with E-state index in [1.54, 1.807) is 30.3 Å². The molecule has 0 heterocycles. The first-order chi connectivity index (χ1) is 17.9. The number of fused-ring (bicyclic) bond motifs is 1. The van der Waals surface area contributed by atoms with Crippen LogP contribution >= 0.6 is 0 Å². The fraction of sp³-hybridized carbons (Fsp3) is 0.167. The van der Waals surface area contributed by atoms with Crippen molar-refractivity contribution in [3.8, 4) is 11.5 Å². The number of carbonyl (C=O) groups is 3. The summed E-state index contributed by atoms with van der Waals surface area (Å²) < 4.78 is 10.9. The maximum Gasteiger partial charge on any atom is 0.306 e.